The highest BCUT2D eigenvalue weighted by atomic mass is 33.5. The van der Waals surface area contributed by atoms with Gasteiger partial charge in [-0.05, 0) is 28.8 Å². The van der Waals surface area contributed by atoms with Gasteiger partial charge in [0.2, 0.25) is 0 Å². The minimum atomic E-state index is -1.79. The Labute approximate surface area is 88.6 Å². The van der Waals surface area contributed by atoms with Gasteiger partial charge in [-0.3, -0.25) is 0 Å². The molecule has 74 valence electrons. The first-order valence-electron chi connectivity index (χ1n) is 3.72. The van der Waals surface area contributed by atoms with E-state index in [2.05, 4.69) is 18.2 Å². The zero-order valence-electron chi connectivity index (χ0n) is 7.70. The van der Waals surface area contributed by atoms with E-state index in [0.717, 1.165) is 18.2 Å². The topological polar surface area (TPSA) is 18.5 Å². The molecule has 0 radical (unpaired) electrons. The maximum atomic E-state index is 5.35. The monoisotopic (exact) mass is 244 g/mol. The fraction of sp³-hybridized carbons (Fsp3) is 1.00. The standard InChI is InChI=1S/C6H16O2S3Si/c1-7-12(3,8-2)6-4-5-10-11-9/h9H,4-6H2,1-3H3. The van der Waals surface area contributed by atoms with Gasteiger partial charge in [-0.25, -0.2) is 0 Å². The van der Waals surface area contributed by atoms with Crippen LogP contribution >= 0.6 is 32.3 Å². The van der Waals surface area contributed by atoms with Crippen LogP contribution in [0.25, 0.3) is 0 Å². The summed E-state index contributed by atoms with van der Waals surface area (Å²) in [5.74, 6) is 1.11. The molecule has 0 aromatic carbocycles. The lowest BCUT2D eigenvalue weighted by Gasteiger charge is -2.22. The minimum Gasteiger partial charge on any atom is -0.398 e. The highest BCUT2D eigenvalue weighted by molar-refractivity contribution is 9.05. The second-order valence-corrected chi connectivity index (χ2v) is 9.42. The summed E-state index contributed by atoms with van der Waals surface area (Å²) in [6.45, 7) is 2.09. The largest absolute Gasteiger partial charge is 0.398 e. The molecule has 0 atom stereocenters. The predicted octanol–water partition coefficient (Wildman–Crippen LogP) is 2.97. The van der Waals surface area contributed by atoms with Crippen LogP contribution in [0.3, 0.4) is 0 Å². The molecule has 0 unspecified atom stereocenters. The summed E-state index contributed by atoms with van der Waals surface area (Å²) in [5.41, 5.74) is 0. The molecule has 2 nitrogen and oxygen atoms in total. The zero-order valence-corrected chi connectivity index (χ0v) is 11.2. The molecule has 0 bridgehead atoms. The molecule has 0 rings (SSSR count). The third kappa shape index (κ3) is 5.77. The first-order chi connectivity index (χ1) is 5.68. The molecule has 0 amide bonds. The Hall–Kier alpha value is 1.19. The van der Waals surface area contributed by atoms with E-state index in [4.69, 9.17) is 8.85 Å². The molecule has 6 heteroatoms. The molecule has 0 fully saturated rings. The van der Waals surface area contributed by atoms with Crippen LogP contribution in [0, 0.1) is 0 Å². The lowest BCUT2D eigenvalue weighted by Crippen LogP contribution is -2.35. The van der Waals surface area contributed by atoms with E-state index >= 15 is 0 Å². The van der Waals surface area contributed by atoms with Gasteiger partial charge < -0.3 is 8.85 Å². The third-order valence-electron chi connectivity index (χ3n) is 1.77. The summed E-state index contributed by atoms with van der Waals surface area (Å²) in [7, 11) is 4.94. The molecular formula is C6H16O2S3Si. The lowest BCUT2D eigenvalue weighted by molar-refractivity contribution is 0.249. The second-order valence-electron chi connectivity index (χ2n) is 2.54. The summed E-state index contributed by atoms with van der Waals surface area (Å²) in [6.07, 6.45) is 1.14. The summed E-state index contributed by atoms with van der Waals surface area (Å²) in [4.78, 5) is 0. The Morgan fingerprint density at radius 1 is 1.33 bits per heavy atom. The number of rotatable bonds is 7. The first kappa shape index (κ1) is 13.2. The van der Waals surface area contributed by atoms with Crippen molar-refractivity contribution in [2.45, 2.75) is 19.0 Å². The molecule has 0 N–H and O–H groups in total. The summed E-state index contributed by atoms with van der Waals surface area (Å²) >= 11 is 4.04. The van der Waals surface area contributed by atoms with Crippen LogP contribution < -0.4 is 0 Å². The van der Waals surface area contributed by atoms with E-state index < -0.39 is 8.56 Å². The van der Waals surface area contributed by atoms with Crippen molar-refractivity contribution >= 4 is 40.8 Å². The number of hydrogen-bond acceptors (Lipinski definition) is 5. The van der Waals surface area contributed by atoms with E-state index in [9.17, 15) is 0 Å². The molecule has 0 spiro atoms. The molecule has 0 aromatic heterocycles. The molecule has 0 aliphatic carbocycles. The van der Waals surface area contributed by atoms with Crippen molar-refractivity contribution < 1.29 is 8.85 Å². The highest BCUT2D eigenvalue weighted by Crippen LogP contribution is 2.27. The molecule has 12 heavy (non-hydrogen) atoms. The van der Waals surface area contributed by atoms with Gasteiger partial charge in [0.15, 0.2) is 0 Å². The number of thiol groups is 1. The van der Waals surface area contributed by atoms with Gasteiger partial charge in [0.05, 0.1) is 0 Å². The van der Waals surface area contributed by atoms with Gasteiger partial charge in [-0.15, -0.1) is 0 Å². The molecule has 0 aliphatic rings. The van der Waals surface area contributed by atoms with Crippen molar-refractivity contribution in [1.82, 2.24) is 0 Å². The van der Waals surface area contributed by atoms with Crippen LogP contribution in [-0.2, 0) is 8.85 Å². The normalized spacial score (nSPS) is 12.0. The van der Waals surface area contributed by atoms with E-state index in [-0.39, 0.29) is 0 Å². The Bertz CT molecular complexity index is 111. The second kappa shape index (κ2) is 7.58. The van der Waals surface area contributed by atoms with Crippen molar-refractivity contribution in [1.29, 1.82) is 0 Å². The maximum Gasteiger partial charge on any atom is 0.334 e. The Morgan fingerprint density at radius 2 is 1.92 bits per heavy atom. The molecule has 0 aliphatic heterocycles. The minimum absolute atomic E-state index is 1.06. The molecule has 0 saturated heterocycles. The molecule has 0 saturated carbocycles. The SMILES string of the molecule is CO[Si](C)(CCCSSS)OC. The van der Waals surface area contributed by atoms with Crippen molar-refractivity contribution in [3.63, 3.8) is 0 Å². The van der Waals surface area contributed by atoms with Crippen LogP contribution in [0.1, 0.15) is 6.42 Å². The van der Waals surface area contributed by atoms with E-state index in [0.29, 0.717) is 0 Å². The van der Waals surface area contributed by atoms with Crippen LogP contribution in [0.4, 0.5) is 0 Å². The van der Waals surface area contributed by atoms with Crippen LogP contribution in [-0.4, -0.2) is 28.5 Å². The van der Waals surface area contributed by atoms with Gasteiger partial charge in [0, 0.05) is 20.0 Å². The summed E-state index contributed by atoms with van der Waals surface area (Å²) in [6, 6.07) is 1.06. The summed E-state index contributed by atoms with van der Waals surface area (Å²) in [5, 5.41) is 0. The fourth-order valence-corrected chi connectivity index (χ4v) is 4.01. The van der Waals surface area contributed by atoms with Crippen molar-refractivity contribution in [3.05, 3.63) is 0 Å². The van der Waals surface area contributed by atoms with E-state index in [1.807, 2.05) is 0 Å². The predicted molar refractivity (Wildman–Crippen MR) is 64.1 cm³/mol. The number of hydrogen-bond donors (Lipinski definition) is 1. The van der Waals surface area contributed by atoms with Gasteiger partial charge >= 0.3 is 8.56 Å². The van der Waals surface area contributed by atoms with Crippen molar-refractivity contribution in [2.24, 2.45) is 0 Å². The van der Waals surface area contributed by atoms with Crippen LogP contribution in [0.5, 0.6) is 0 Å². The fourth-order valence-electron chi connectivity index (χ4n) is 0.777. The van der Waals surface area contributed by atoms with Gasteiger partial charge in [-0.2, -0.15) is 0 Å². The van der Waals surface area contributed by atoms with Crippen LogP contribution in [0.15, 0.2) is 0 Å². The van der Waals surface area contributed by atoms with Crippen molar-refractivity contribution in [2.75, 3.05) is 20.0 Å². The van der Waals surface area contributed by atoms with E-state index in [1.54, 1.807) is 25.0 Å². The average molecular weight is 244 g/mol. The van der Waals surface area contributed by atoms with Gasteiger partial charge in [0.1, 0.15) is 0 Å². The molecule has 0 heterocycles. The van der Waals surface area contributed by atoms with E-state index in [1.165, 1.54) is 9.83 Å². The summed E-state index contributed by atoms with van der Waals surface area (Å²) < 4.78 is 10.7. The van der Waals surface area contributed by atoms with Gasteiger partial charge in [-0.1, -0.05) is 22.5 Å². The van der Waals surface area contributed by atoms with Gasteiger partial charge in [0.25, 0.3) is 0 Å². The van der Waals surface area contributed by atoms with Crippen LogP contribution in [0.2, 0.25) is 12.6 Å². The maximum absolute atomic E-state index is 5.35. The van der Waals surface area contributed by atoms with Crippen molar-refractivity contribution in [3.8, 4) is 0 Å². The Morgan fingerprint density at radius 3 is 2.33 bits per heavy atom. The Balaban J connectivity index is 3.45. The molecular weight excluding hydrogens is 228 g/mol. The average Bonchev–Trinajstić information content (AvgIpc) is 2.12. The quantitative estimate of drug-likeness (QED) is 0.321. The third-order valence-corrected chi connectivity index (χ3v) is 7.09. The Kier molecular flexibility index (Phi) is 8.33. The molecule has 0 aromatic rings. The smallest absolute Gasteiger partial charge is 0.334 e. The first-order valence-corrected chi connectivity index (χ1v) is 9.61. The lowest BCUT2D eigenvalue weighted by atomic mass is 10.6. The highest BCUT2D eigenvalue weighted by Gasteiger charge is 2.27. The zero-order chi connectivity index (χ0) is 9.45.